The summed E-state index contributed by atoms with van der Waals surface area (Å²) in [7, 11) is 1.72. The summed E-state index contributed by atoms with van der Waals surface area (Å²) in [4.78, 5) is 2.51. The second-order valence-corrected chi connectivity index (χ2v) is 6.79. The van der Waals surface area contributed by atoms with Crippen molar-refractivity contribution in [2.45, 2.75) is 26.3 Å². The Morgan fingerprint density at radius 1 is 1.40 bits per heavy atom. The van der Waals surface area contributed by atoms with Crippen LogP contribution in [0.1, 0.15) is 31.9 Å². The van der Waals surface area contributed by atoms with Crippen molar-refractivity contribution < 1.29 is 4.74 Å². The monoisotopic (exact) mass is 340 g/mol. The highest BCUT2D eigenvalue weighted by Gasteiger charge is 2.29. The molecule has 4 heteroatoms. The van der Waals surface area contributed by atoms with Gasteiger partial charge in [-0.05, 0) is 43.0 Å². The molecule has 1 aromatic rings. The van der Waals surface area contributed by atoms with Crippen molar-refractivity contribution in [3.05, 3.63) is 28.2 Å². The summed E-state index contributed by atoms with van der Waals surface area (Å²) in [5.74, 6) is 2.44. The molecule has 3 atom stereocenters. The molecule has 3 unspecified atom stereocenters. The third-order valence-electron chi connectivity index (χ3n) is 4.58. The largest absolute Gasteiger partial charge is 0.496 e. The van der Waals surface area contributed by atoms with E-state index in [4.69, 9.17) is 10.5 Å². The predicted octanol–water partition coefficient (Wildman–Crippen LogP) is 3.44. The van der Waals surface area contributed by atoms with Gasteiger partial charge in [0.05, 0.1) is 13.2 Å². The highest BCUT2D eigenvalue weighted by molar-refractivity contribution is 9.10. The molecule has 1 aliphatic rings. The fourth-order valence-corrected chi connectivity index (χ4v) is 3.40. The van der Waals surface area contributed by atoms with E-state index in [2.05, 4.69) is 40.7 Å². The van der Waals surface area contributed by atoms with E-state index >= 15 is 0 Å². The number of likely N-dealkylation sites (tertiary alicyclic amines) is 1. The maximum Gasteiger partial charge on any atom is 0.123 e. The number of ether oxygens (including phenoxy) is 1. The molecule has 0 amide bonds. The van der Waals surface area contributed by atoms with Crippen LogP contribution < -0.4 is 10.5 Å². The van der Waals surface area contributed by atoms with Crippen LogP contribution in [0.5, 0.6) is 5.75 Å². The Bertz CT molecular complexity index is 452. The summed E-state index contributed by atoms with van der Waals surface area (Å²) in [6.07, 6.45) is 1.24. The van der Waals surface area contributed by atoms with Gasteiger partial charge in [-0.25, -0.2) is 0 Å². The lowest BCUT2D eigenvalue weighted by Gasteiger charge is -2.40. The SMILES string of the molecule is COc1ccc(Br)cc1C(CN)N1CCC(C)C(C)C1. The molecule has 0 radical (unpaired) electrons. The summed E-state index contributed by atoms with van der Waals surface area (Å²) in [6.45, 7) is 7.53. The van der Waals surface area contributed by atoms with E-state index in [0.717, 1.165) is 35.1 Å². The highest BCUT2D eigenvalue weighted by atomic mass is 79.9. The van der Waals surface area contributed by atoms with E-state index in [0.29, 0.717) is 6.54 Å². The smallest absolute Gasteiger partial charge is 0.123 e. The summed E-state index contributed by atoms with van der Waals surface area (Å²) in [6, 6.07) is 6.39. The Morgan fingerprint density at radius 3 is 2.75 bits per heavy atom. The molecular formula is C16H25BrN2O. The van der Waals surface area contributed by atoms with Crippen LogP contribution in [0, 0.1) is 11.8 Å². The first kappa shape index (κ1) is 15.8. The molecule has 3 nitrogen and oxygen atoms in total. The zero-order valence-corrected chi connectivity index (χ0v) is 14.2. The van der Waals surface area contributed by atoms with Crippen molar-refractivity contribution in [3.63, 3.8) is 0 Å². The Labute approximate surface area is 130 Å². The van der Waals surface area contributed by atoms with Crippen LogP contribution in [-0.2, 0) is 0 Å². The second-order valence-electron chi connectivity index (χ2n) is 5.88. The lowest BCUT2D eigenvalue weighted by molar-refractivity contribution is 0.0970. The number of methoxy groups -OCH3 is 1. The molecule has 0 spiro atoms. The normalized spacial score (nSPS) is 25.4. The van der Waals surface area contributed by atoms with Gasteiger partial charge in [0, 0.05) is 23.1 Å². The lowest BCUT2D eigenvalue weighted by atomic mass is 9.87. The van der Waals surface area contributed by atoms with Crippen LogP contribution in [0.15, 0.2) is 22.7 Å². The summed E-state index contributed by atoms with van der Waals surface area (Å²) >= 11 is 3.55. The molecule has 0 saturated carbocycles. The van der Waals surface area contributed by atoms with Crippen LogP contribution in [-0.4, -0.2) is 31.6 Å². The fraction of sp³-hybridized carbons (Fsp3) is 0.625. The van der Waals surface area contributed by atoms with Gasteiger partial charge in [0.2, 0.25) is 0 Å². The topological polar surface area (TPSA) is 38.5 Å². The summed E-state index contributed by atoms with van der Waals surface area (Å²) in [5, 5.41) is 0. The molecule has 112 valence electrons. The first-order chi connectivity index (χ1) is 9.56. The van der Waals surface area contributed by atoms with Gasteiger partial charge >= 0.3 is 0 Å². The van der Waals surface area contributed by atoms with Crippen molar-refractivity contribution in [3.8, 4) is 5.75 Å². The lowest BCUT2D eigenvalue weighted by Crippen LogP contribution is -2.43. The van der Waals surface area contributed by atoms with Gasteiger partial charge in [-0.3, -0.25) is 4.90 Å². The number of nitrogens with zero attached hydrogens (tertiary/aromatic N) is 1. The molecule has 0 bridgehead atoms. The maximum absolute atomic E-state index is 6.08. The van der Waals surface area contributed by atoms with Crippen LogP contribution in [0.3, 0.4) is 0 Å². The van der Waals surface area contributed by atoms with Crippen molar-refractivity contribution in [2.24, 2.45) is 17.6 Å². The minimum atomic E-state index is 0.234. The third-order valence-corrected chi connectivity index (χ3v) is 5.07. The van der Waals surface area contributed by atoms with E-state index in [1.54, 1.807) is 7.11 Å². The minimum absolute atomic E-state index is 0.234. The van der Waals surface area contributed by atoms with Gasteiger partial charge in [0.15, 0.2) is 0 Å². The number of hydrogen-bond acceptors (Lipinski definition) is 3. The first-order valence-corrected chi connectivity index (χ1v) is 8.13. The van der Waals surface area contributed by atoms with Crippen LogP contribution in [0.4, 0.5) is 0 Å². The van der Waals surface area contributed by atoms with Crippen molar-refractivity contribution in [2.75, 3.05) is 26.7 Å². The van der Waals surface area contributed by atoms with Gasteiger partial charge in [-0.1, -0.05) is 29.8 Å². The molecular weight excluding hydrogens is 316 g/mol. The van der Waals surface area contributed by atoms with Gasteiger partial charge in [0.1, 0.15) is 5.75 Å². The van der Waals surface area contributed by atoms with Crippen molar-refractivity contribution in [1.82, 2.24) is 4.90 Å². The molecule has 0 aromatic heterocycles. The van der Waals surface area contributed by atoms with Crippen LogP contribution in [0.25, 0.3) is 0 Å². The van der Waals surface area contributed by atoms with E-state index in [-0.39, 0.29) is 6.04 Å². The Balaban J connectivity index is 2.26. The Hall–Kier alpha value is -0.580. The standard InChI is InChI=1S/C16H25BrN2O/c1-11-6-7-19(10-12(11)2)15(9-18)14-8-13(17)4-5-16(14)20-3/h4-5,8,11-12,15H,6-7,9-10,18H2,1-3H3. The quantitative estimate of drug-likeness (QED) is 0.912. The fourth-order valence-electron chi connectivity index (χ4n) is 3.02. The number of benzene rings is 1. The van der Waals surface area contributed by atoms with Crippen LogP contribution >= 0.6 is 15.9 Å². The Morgan fingerprint density at radius 2 is 2.15 bits per heavy atom. The number of nitrogens with two attached hydrogens (primary N) is 1. The minimum Gasteiger partial charge on any atom is -0.496 e. The summed E-state index contributed by atoms with van der Waals surface area (Å²) < 4.78 is 6.59. The molecule has 1 aromatic carbocycles. The average molecular weight is 341 g/mol. The maximum atomic E-state index is 6.08. The Kier molecular flexibility index (Phi) is 5.47. The molecule has 0 aliphatic carbocycles. The first-order valence-electron chi connectivity index (χ1n) is 7.34. The van der Waals surface area contributed by atoms with E-state index in [1.165, 1.54) is 12.0 Å². The third kappa shape index (κ3) is 3.35. The molecule has 1 saturated heterocycles. The molecule has 1 fully saturated rings. The zero-order chi connectivity index (χ0) is 14.7. The highest BCUT2D eigenvalue weighted by Crippen LogP contribution is 2.34. The van der Waals surface area contributed by atoms with Crippen molar-refractivity contribution >= 4 is 15.9 Å². The molecule has 1 aliphatic heterocycles. The van der Waals surface area contributed by atoms with Gasteiger partial charge in [-0.2, -0.15) is 0 Å². The van der Waals surface area contributed by atoms with Gasteiger partial charge < -0.3 is 10.5 Å². The molecule has 2 N–H and O–H groups in total. The average Bonchev–Trinajstić information content (AvgIpc) is 2.44. The second kappa shape index (κ2) is 6.92. The van der Waals surface area contributed by atoms with E-state index in [1.807, 2.05) is 12.1 Å². The zero-order valence-electron chi connectivity index (χ0n) is 12.6. The van der Waals surface area contributed by atoms with Gasteiger partial charge in [-0.15, -0.1) is 0 Å². The van der Waals surface area contributed by atoms with Crippen LogP contribution in [0.2, 0.25) is 0 Å². The molecule has 20 heavy (non-hydrogen) atoms. The molecule has 1 heterocycles. The van der Waals surface area contributed by atoms with E-state index < -0.39 is 0 Å². The number of rotatable bonds is 4. The summed E-state index contributed by atoms with van der Waals surface area (Å²) in [5.41, 5.74) is 7.26. The van der Waals surface area contributed by atoms with E-state index in [9.17, 15) is 0 Å². The van der Waals surface area contributed by atoms with Crippen molar-refractivity contribution in [1.29, 1.82) is 0 Å². The number of halogens is 1. The number of hydrogen-bond donors (Lipinski definition) is 1. The number of piperidine rings is 1. The predicted molar refractivity (Wildman–Crippen MR) is 87.0 cm³/mol. The molecule has 2 rings (SSSR count). The van der Waals surface area contributed by atoms with Gasteiger partial charge in [0.25, 0.3) is 0 Å².